The molecule has 2 aliphatic heterocycles. The summed E-state index contributed by atoms with van der Waals surface area (Å²) in [6, 6.07) is 0. The van der Waals surface area contributed by atoms with Crippen LogP contribution in [0.25, 0.3) is 0 Å². The van der Waals surface area contributed by atoms with Crippen molar-refractivity contribution in [2.75, 3.05) is 0 Å². The summed E-state index contributed by atoms with van der Waals surface area (Å²) in [5.41, 5.74) is 0. The summed E-state index contributed by atoms with van der Waals surface area (Å²) in [4.78, 5) is 101. The highest BCUT2D eigenvalue weighted by Gasteiger charge is 2.33. The van der Waals surface area contributed by atoms with Gasteiger partial charge in [0, 0.05) is 38.5 Å². The number of hydrogen-bond donors (Lipinski definition) is 0. The monoisotopic (exact) mass is 410 g/mol. The highest BCUT2D eigenvalue weighted by atomic mass is 16.7. The zero-order chi connectivity index (χ0) is 21.6. The number of hydrogen-bond acceptors (Lipinski definition) is 10. The first-order valence-corrected chi connectivity index (χ1v) is 8.84. The van der Waals surface area contributed by atoms with E-state index < -0.39 is 66.4 Å². The van der Waals surface area contributed by atoms with Gasteiger partial charge in [0.25, 0.3) is 23.6 Å². The zero-order valence-corrected chi connectivity index (χ0v) is 15.3. The van der Waals surface area contributed by atoms with E-state index in [1.165, 1.54) is 0 Å². The van der Waals surface area contributed by atoms with Crippen molar-refractivity contribution in [2.45, 2.75) is 57.8 Å². The molecule has 156 valence electrons. The Morgan fingerprint density at radius 2 is 0.897 bits per heavy atom. The lowest BCUT2D eigenvalue weighted by atomic mass is 10.1. The molecule has 0 aliphatic carbocycles. The molecule has 0 N–H and O–H groups in total. The smallest absolute Gasteiger partial charge is 0.330 e. The van der Waals surface area contributed by atoms with Crippen LogP contribution in [0.4, 0.5) is 0 Å². The molecule has 0 radical (unpaired) electrons. The Morgan fingerprint density at radius 3 is 1.21 bits per heavy atom. The minimum atomic E-state index is -0.960. The van der Waals surface area contributed by atoms with Crippen LogP contribution in [0.1, 0.15) is 57.8 Å². The fourth-order valence-electron chi connectivity index (χ4n) is 2.49. The Labute approximate surface area is 164 Å². The molecule has 0 aromatic carbocycles. The van der Waals surface area contributed by atoms with Crippen molar-refractivity contribution >= 4 is 47.1 Å². The maximum atomic E-state index is 11.7. The Hall–Kier alpha value is -3.44. The Bertz CT molecular complexity index is 691. The van der Waals surface area contributed by atoms with E-state index in [0.29, 0.717) is 10.1 Å². The van der Waals surface area contributed by atoms with Crippen LogP contribution in [0.5, 0.6) is 0 Å². The fraction of sp³-hybridized carbons (Fsp3) is 0.529. The van der Waals surface area contributed by atoms with E-state index >= 15 is 0 Å². The molecule has 0 aromatic heterocycles. The van der Waals surface area contributed by atoms with Gasteiger partial charge in [-0.25, -0.2) is 9.59 Å². The number of carbonyl (C=O) groups is 8. The third-order valence-corrected chi connectivity index (χ3v) is 4.01. The van der Waals surface area contributed by atoms with Gasteiger partial charge >= 0.3 is 11.9 Å². The van der Waals surface area contributed by atoms with E-state index in [2.05, 4.69) is 9.68 Å². The van der Waals surface area contributed by atoms with Gasteiger partial charge in [-0.3, -0.25) is 28.8 Å². The van der Waals surface area contributed by atoms with Crippen LogP contribution in [-0.2, 0) is 48.0 Å². The van der Waals surface area contributed by atoms with E-state index in [0.717, 1.165) is 0 Å². The van der Waals surface area contributed by atoms with E-state index in [1.54, 1.807) is 0 Å². The van der Waals surface area contributed by atoms with Gasteiger partial charge in [-0.15, -0.1) is 10.1 Å². The van der Waals surface area contributed by atoms with Crippen LogP contribution < -0.4 is 0 Å². The number of imide groups is 2. The second-order valence-corrected chi connectivity index (χ2v) is 6.34. The molecule has 29 heavy (non-hydrogen) atoms. The number of ketones is 2. The second kappa shape index (κ2) is 9.66. The van der Waals surface area contributed by atoms with E-state index in [1.807, 2.05) is 0 Å². The average molecular weight is 410 g/mol. The highest BCUT2D eigenvalue weighted by Crippen LogP contribution is 2.14. The molecule has 2 aliphatic rings. The molecule has 2 rings (SSSR count). The molecule has 2 heterocycles. The molecular weight excluding hydrogens is 392 g/mol. The summed E-state index contributed by atoms with van der Waals surface area (Å²) in [5, 5.41) is 0.721. The van der Waals surface area contributed by atoms with Crippen LogP contribution in [0.15, 0.2) is 0 Å². The van der Waals surface area contributed by atoms with Crippen molar-refractivity contribution in [3.8, 4) is 0 Å². The van der Waals surface area contributed by atoms with E-state index in [9.17, 15) is 38.4 Å². The highest BCUT2D eigenvalue weighted by molar-refractivity contribution is 6.03. The number of carbonyl (C=O) groups excluding carboxylic acids is 8. The largest absolute Gasteiger partial charge is 0.333 e. The summed E-state index contributed by atoms with van der Waals surface area (Å²) in [6.07, 6.45) is -2.29. The molecule has 12 nitrogen and oxygen atoms in total. The number of nitrogens with zero attached hydrogens (tertiary/aromatic N) is 2. The predicted octanol–water partition coefficient (Wildman–Crippen LogP) is -0.710. The molecule has 0 spiro atoms. The molecular formula is C17H18N2O10. The van der Waals surface area contributed by atoms with Gasteiger partial charge in [0.15, 0.2) is 0 Å². The molecule has 4 amide bonds. The van der Waals surface area contributed by atoms with Gasteiger partial charge in [-0.1, -0.05) is 0 Å². The van der Waals surface area contributed by atoms with Crippen molar-refractivity contribution in [3.63, 3.8) is 0 Å². The number of amides is 4. The maximum absolute atomic E-state index is 11.7. The minimum absolute atomic E-state index is 0.0535. The third kappa shape index (κ3) is 6.30. The lowest BCUT2D eigenvalue weighted by Gasteiger charge is -2.12. The van der Waals surface area contributed by atoms with Crippen LogP contribution in [0.2, 0.25) is 0 Å². The number of Topliss-reactive ketones (excluding diaryl/α,β-unsaturated/α-hetero) is 2. The number of rotatable bonds is 10. The van der Waals surface area contributed by atoms with Crippen LogP contribution in [0, 0.1) is 0 Å². The standard InChI is InChI=1S/C17H18N2O10/c20-10(1-7-16(26)28-18-12(22)3-4-13(18)23)9-11(21)2-8-17(27)29-19-14(24)5-6-15(19)25/h1-9H2. The van der Waals surface area contributed by atoms with Gasteiger partial charge in [0.2, 0.25) is 0 Å². The normalized spacial score (nSPS) is 16.4. The third-order valence-electron chi connectivity index (χ3n) is 4.01. The quantitative estimate of drug-likeness (QED) is 0.332. The second-order valence-electron chi connectivity index (χ2n) is 6.34. The minimum Gasteiger partial charge on any atom is -0.330 e. The zero-order valence-electron chi connectivity index (χ0n) is 15.3. The molecule has 12 heteroatoms. The summed E-state index contributed by atoms with van der Waals surface area (Å²) in [5.74, 6) is -5.68. The molecule has 0 bridgehead atoms. The molecule has 0 saturated carbocycles. The topological polar surface area (TPSA) is 161 Å². The van der Waals surface area contributed by atoms with Gasteiger partial charge in [0.1, 0.15) is 11.6 Å². The molecule has 2 fully saturated rings. The van der Waals surface area contributed by atoms with Crippen molar-refractivity contribution in [1.82, 2.24) is 10.1 Å². The molecule has 0 unspecified atom stereocenters. The average Bonchev–Trinajstić information content (AvgIpc) is 3.15. The first kappa shape index (κ1) is 21.9. The van der Waals surface area contributed by atoms with Crippen LogP contribution >= 0.6 is 0 Å². The van der Waals surface area contributed by atoms with Crippen molar-refractivity contribution in [3.05, 3.63) is 0 Å². The first-order valence-electron chi connectivity index (χ1n) is 8.84. The summed E-state index contributed by atoms with van der Waals surface area (Å²) in [6.45, 7) is 0. The number of hydroxylamine groups is 4. The fourth-order valence-corrected chi connectivity index (χ4v) is 2.49. The van der Waals surface area contributed by atoms with E-state index in [4.69, 9.17) is 0 Å². The first-order chi connectivity index (χ1) is 13.7. The van der Waals surface area contributed by atoms with Gasteiger partial charge in [-0.05, 0) is 0 Å². The maximum Gasteiger partial charge on any atom is 0.333 e. The molecule has 2 saturated heterocycles. The van der Waals surface area contributed by atoms with Gasteiger partial charge in [0.05, 0.1) is 19.3 Å². The van der Waals surface area contributed by atoms with Gasteiger partial charge in [-0.2, -0.15) is 0 Å². The molecule has 0 aromatic rings. The summed E-state index contributed by atoms with van der Waals surface area (Å²) < 4.78 is 0. The lowest BCUT2D eigenvalue weighted by Crippen LogP contribution is -2.32. The van der Waals surface area contributed by atoms with Crippen molar-refractivity contribution < 1.29 is 48.0 Å². The van der Waals surface area contributed by atoms with Crippen LogP contribution in [0.3, 0.4) is 0 Å². The lowest BCUT2D eigenvalue weighted by molar-refractivity contribution is -0.197. The van der Waals surface area contributed by atoms with E-state index in [-0.39, 0.29) is 38.5 Å². The van der Waals surface area contributed by atoms with Crippen molar-refractivity contribution in [1.29, 1.82) is 0 Å². The Balaban J connectivity index is 1.63. The SMILES string of the molecule is O=C(CCC(=O)ON1C(=O)CCC1=O)CC(=O)CCC(=O)ON1C(=O)CCC1=O. The Morgan fingerprint density at radius 1 is 0.586 bits per heavy atom. The summed E-state index contributed by atoms with van der Waals surface area (Å²) >= 11 is 0. The predicted molar refractivity (Wildman–Crippen MR) is 87.5 cm³/mol. The molecule has 0 atom stereocenters. The summed E-state index contributed by atoms with van der Waals surface area (Å²) in [7, 11) is 0. The van der Waals surface area contributed by atoms with Gasteiger partial charge < -0.3 is 9.68 Å². The van der Waals surface area contributed by atoms with Crippen molar-refractivity contribution in [2.24, 2.45) is 0 Å². The van der Waals surface area contributed by atoms with Crippen LogP contribution in [-0.4, -0.2) is 57.3 Å². The Kier molecular flexibility index (Phi) is 7.28.